The van der Waals surface area contributed by atoms with E-state index in [2.05, 4.69) is 0 Å². The Morgan fingerprint density at radius 2 is 1.84 bits per heavy atom. The Morgan fingerprint density at radius 1 is 1.16 bits per heavy atom. The highest BCUT2D eigenvalue weighted by Gasteiger charge is 2.36. The number of carbonyl (C=O) groups excluding carboxylic acids is 4. The summed E-state index contributed by atoms with van der Waals surface area (Å²) in [6.45, 7) is 5.09. The van der Waals surface area contributed by atoms with E-state index in [1.54, 1.807) is 49.1 Å². The number of ether oxygens (including phenoxy) is 3. The van der Waals surface area contributed by atoms with Gasteiger partial charge in [0.25, 0.3) is 17.1 Å². The summed E-state index contributed by atoms with van der Waals surface area (Å²) in [6, 6.07) is 6.80. The number of benzene rings is 1. The van der Waals surface area contributed by atoms with E-state index in [-0.39, 0.29) is 23.5 Å². The fourth-order valence-corrected chi connectivity index (χ4v) is 3.76. The predicted octanol–water partition coefficient (Wildman–Crippen LogP) is 1.91. The Hall–Kier alpha value is -2.85. The van der Waals surface area contributed by atoms with E-state index in [1.807, 2.05) is 0 Å². The molecule has 0 bridgehead atoms. The van der Waals surface area contributed by atoms with Crippen LogP contribution < -0.4 is 4.74 Å². The van der Waals surface area contributed by atoms with Crippen LogP contribution in [0.4, 0.5) is 4.79 Å². The lowest BCUT2D eigenvalue weighted by molar-refractivity contribution is -0.149. The molecule has 0 saturated carbocycles. The summed E-state index contributed by atoms with van der Waals surface area (Å²) in [6.07, 6.45) is 1.24. The van der Waals surface area contributed by atoms with Crippen molar-refractivity contribution in [2.45, 2.75) is 20.0 Å². The van der Waals surface area contributed by atoms with Gasteiger partial charge >= 0.3 is 5.97 Å². The summed E-state index contributed by atoms with van der Waals surface area (Å²) in [4.78, 5) is 51.3. The summed E-state index contributed by atoms with van der Waals surface area (Å²) >= 11 is 0.771. The van der Waals surface area contributed by atoms with Gasteiger partial charge in [0.2, 0.25) is 0 Å². The highest BCUT2D eigenvalue weighted by atomic mass is 32.2. The molecule has 9 nitrogen and oxygen atoms in total. The van der Waals surface area contributed by atoms with E-state index in [0.29, 0.717) is 37.6 Å². The first-order chi connectivity index (χ1) is 14.8. The standard InChI is InChI=1S/C21H24N2O7S/c1-14(2)30-19(25)12-23-20(26)17(31-21(23)27)11-15-3-5-16(6-4-15)29-13-18(24)22-7-9-28-10-8-22/h3-6,11,14H,7-10,12-13H2,1-2H3/b17-11-. The summed E-state index contributed by atoms with van der Waals surface area (Å²) in [7, 11) is 0. The van der Waals surface area contributed by atoms with Gasteiger partial charge in [-0.2, -0.15) is 0 Å². The number of hydrogen-bond acceptors (Lipinski definition) is 8. The van der Waals surface area contributed by atoms with E-state index in [9.17, 15) is 19.2 Å². The molecule has 2 saturated heterocycles. The van der Waals surface area contributed by atoms with Gasteiger partial charge in [-0.05, 0) is 49.4 Å². The van der Waals surface area contributed by atoms with Gasteiger partial charge in [-0.15, -0.1) is 0 Å². The normalized spacial score (nSPS) is 18.1. The van der Waals surface area contributed by atoms with Gasteiger partial charge in [0.15, 0.2) is 6.61 Å². The van der Waals surface area contributed by atoms with E-state index >= 15 is 0 Å². The number of carbonyl (C=O) groups is 4. The summed E-state index contributed by atoms with van der Waals surface area (Å²) in [5.74, 6) is -0.751. The summed E-state index contributed by atoms with van der Waals surface area (Å²) in [5, 5.41) is -0.515. The number of amides is 3. The average molecular weight is 448 g/mol. The van der Waals surface area contributed by atoms with E-state index in [1.165, 1.54) is 0 Å². The molecule has 0 aromatic heterocycles. The smallest absolute Gasteiger partial charge is 0.326 e. The van der Waals surface area contributed by atoms with Crippen molar-refractivity contribution < 1.29 is 33.4 Å². The molecule has 0 spiro atoms. The fourth-order valence-electron chi connectivity index (χ4n) is 2.93. The molecule has 2 aliphatic rings. The van der Waals surface area contributed by atoms with Crippen molar-refractivity contribution in [1.82, 2.24) is 9.80 Å². The van der Waals surface area contributed by atoms with Gasteiger partial charge in [-0.25, -0.2) is 0 Å². The zero-order chi connectivity index (χ0) is 22.4. The molecule has 0 unspecified atom stereocenters. The lowest BCUT2D eigenvalue weighted by atomic mass is 10.2. The van der Waals surface area contributed by atoms with Crippen molar-refractivity contribution in [3.05, 3.63) is 34.7 Å². The number of hydrogen-bond donors (Lipinski definition) is 0. The molecule has 3 rings (SSSR count). The van der Waals surface area contributed by atoms with Gasteiger partial charge in [0, 0.05) is 13.1 Å². The van der Waals surface area contributed by atoms with E-state index in [0.717, 1.165) is 16.7 Å². The van der Waals surface area contributed by atoms with Crippen LogP contribution in [0.15, 0.2) is 29.2 Å². The Morgan fingerprint density at radius 3 is 2.48 bits per heavy atom. The van der Waals surface area contributed by atoms with Crippen molar-refractivity contribution in [2.24, 2.45) is 0 Å². The first kappa shape index (κ1) is 22.8. The van der Waals surface area contributed by atoms with Crippen LogP contribution in [0.25, 0.3) is 6.08 Å². The molecule has 2 fully saturated rings. The highest BCUT2D eigenvalue weighted by molar-refractivity contribution is 8.18. The SMILES string of the molecule is CC(C)OC(=O)CN1C(=O)S/C(=C\c2ccc(OCC(=O)N3CCOCC3)cc2)C1=O. The second-order valence-corrected chi connectivity index (χ2v) is 8.15. The number of thioether (sulfide) groups is 1. The van der Waals surface area contributed by atoms with Crippen LogP contribution in [0, 0.1) is 0 Å². The van der Waals surface area contributed by atoms with Crippen LogP contribution in [0.2, 0.25) is 0 Å². The minimum absolute atomic E-state index is 0.0648. The van der Waals surface area contributed by atoms with Gasteiger partial charge in [-0.3, -0.25) is 24.1 Å². The largest absolute Gasteiger partial charge is 0.484 e. The third kappa shape index (κ3) is 6.31. The van der Waals surface area contributed by atoms with Crippen LogP contribution in [-0.2, 0) is 23.9 Å². The molecular weight excluding hydrogens is 424 g/mol. The van der Waals surface area contributed by atoms with Crippen molar-refractivity contribution in [2.75, 3.05) is 39.5 Å². The molecule has 166 valence electrons. The molecule has 0 N–H and O–H groups in total. The third-order valence-electron chi connectivity index (χ3n) is 4.43. The van der Waals surface area contributed by atoms with Gasteiger partial charge in [0.1, 0.15) is 12.3 Å². The van der Waals surface area contributed by atoms with Crippen LogP contribution in [-0.4, -0.2) is 78.4 Å². The molecule has 0 radical (unpaired) electrons. The lowest BCUT2D eigenvalue weighted by Gasteiger charge is -2.26. The minimum Gasteiger partial charge on any atom is -0.484 e. The van der Waals surface area contributed by atoms with Crippen LogP contribution in [0.5, 0.6) is 5.75 Å². The Kier molecular flexibility index (Phi) is 7.69. The maximum absolute atomic E-state index is 12.5. The maximum Gasteiger partial charge on any atom is 0.326 e. The topological polar surface area (TPSA) is 102 Å². The first-order valence-corrected chi connectivity index (χ1v) is 10.7. The second kappa shape index (κ2) is 10.5. The number of esters is 1. The highest BCUT2D eigenvalue weighted by Crippen LogP contribution is 2.32. The molecule has 1 aromatic carbocycles. The maximum atomic E-state index is 12.5. The quantitative estimate of drug-likeness (QED) is 0.460. The van der Waals surface area contributed by atoms with Crippen molar-refractivity contribution in [1.29, 1.82) is 0 Å². The number of imide groups is 1. The fraction of sp³-hybridized carbons (Fsp3) is 0.429. The van der Waals surface area contributed by atoms with Crippen LogP contribution in [0.1, 0.15) is 19.4 Å². The number of nitrogens with zero attached hydrogens (tertiary/aromatic N) is 2. The number of morpholine rings is 1. The molecule has 3 amide bonds. The van der Waals surface area contributed by atoms with Crippen LogP contribution >= 0.6 is 11.8 Å². The Labute approximate surface area is 184 Å². The molecule has 1 aromatic rings. The van der Waals surface area contributed by atoms with Crippen molar-refractivity contribution >= 4 is 40.9 Å². The second-order valence-electron chi connectivity index (χ2n) is 7.16. The molecular formula is C21H24N2O7S. The Balaban J connectivity index is 1.55. The van der Waals surface area contributed by atoms with Gasteiger partial charge in [0.05, 0.1) is 24.2 Å². The molecule has 10 heteroatoms. The van der Waals surface area contributed by atoms with Crippen molar-refractivity contribution in [3.8, 4) is 5.75 Å². The molecule has 0 aliphatic carbocycles. The molecule has 2 aliphatic heterocycles. The van der Waals surface area contributed by atoms with E-state index < -0.39 is 23.7 Å². The third-order valence-corrected chi connectivity index (χ3v) is 5.34. The zero-order valence-electron chi connectivity index (χ0n) is 17.4. The van der Waals surface area contributed by atoms with E-state index in [4.69, 9.17) is 14.2 Å². The first-order valence-electron chi connectivity index (χ1n) is 9.86. The molecule has 31 heavy (non-hydrogen) atoms. The lowest BCUT2D eigenvalue weighted by Crippen LogP contribution is -2.42. The van der Waals surface area contributed by atoms with Gasteiger partial charge in [-0.1, -0.05) is 12.1 Å². The minimum atomic E-state index is -0.633. The Bertz CT molecular complexity index is 876. The molecule has 0 atom stereocenters. The van der Waals surface area contributed by atoms with Crippen LogP contribution in [0.3, 0.4) is 0 Å². The summed E-state index contributed by atoms with van der Waals surface area (Å²) < 4.78 is 15.8. The number of rotatable bonds is 7. The molecule has 2 heterocycles. The summed E-state index contributed by atoms with van der Waals surface area (Å²) in [5.41, 5.74) is 0.683. The average Bonchev–Trinajstić information content (AvgIpc) is 3.00. The monoisotopic (exact) mass is 448 g/mol. The van der Waals surface area contributed by atoms with Gasteiger partial charge < -0.3 is 19.1 Å². The van der Waals surface area contributed by atoms with Crippen molar-refractivity contribution in [3.63, 3.8) is 0 Å². The zero-order valence-corrected chi connectivity index (χ0v) is 18.2. The predicted molar refractivity (Wildman–Crippen MR) is 113 cm³/mol.